The van der Waals surface area contributed by atoms with E-state index in [2.05, 4.69) is 0 Å². The zero-order valence-electron chi connectivity index (χ0n) is 13.5. The van der Waals surface area contributed by atoms with Crippen molar-refractivity contribution >= 4 is 29.3 Å². The topological polar surface area (TPSA) is 110 Å². The van der Waals surface area contributed by atoms with Crippen molar-refractivity contribution in [2.24, 2.45) is 0 Å². The average Bonchev–Trinajstić information content (AvgIpc) is 2.61. The molecule has 0 saturated carbocycles. The van der Waals surface area contributed by atoms with Crippen LogP contribution in [0.15, 0.2) is 18.2 Å². The summed E-state index contributed by atoms with van der Waals surface area (Å²) in [6.07, 6.45) is 1.72. The first kappa shape index (κ1) is 17.7. The zero-order valence-corrected chi connectivity index (χ0v) is 14.3. The lowest BCUT2D eigenvalue weighted by molar-refractivity contribution is -0.384. The van der Waals surface area contributed by atoms with Crippen LogP contribution in [0.2, 0.25) is 0 Å². The van der Waals surface area contributed by atoms with Gasteiger partial charge < -0.3 is 14.7 Å². The lowest BCUT2D eigenvalue weighted by Gasteiger charge is -2.44. The van der Waals surface area contributed by atoms with E-state index in [1.165, 1.54) is 6.07 Å². The quantitative estimate of drug-likeness (QED) is 0.644. The molecule has 9 heteroatoms. The summed E-state index contributed by atoms with van der Waals surface area (Å²) in [6.45, 7) is 2.41. The van der Waals surface area contributed by atoms with E-state index in [4.69, 9.17) is 9.84 Å². The summed E-state index contributed by atoms with van der Waals surface area (Å²) < 4.78 is 5.37. The van der Waals surface area contributed by atoms with Gasteiger partial charge in [-0.15, -0.1) is 0 Å². The molecule has 2 aliphatic heterocycles. The third-order valence-electron chi connectivity index (χ3n) is 4.56. The molecule has 2 saturated heterocycles. The molecule has 0 atom stereocenters. The lowest BCUT2D eigenvalue weighted by Crippen LogP contribution is -2.51. The minimum atomic E-state index is -1.30. The van der Waals surface area contributed by atoms with Crippen LogP contribution in [0.5, 0.6) is 0 Å². The first-order valence-corrected chi connectivity index (χ1v) is 8.93. The van der Waals surface area contributed by atoms with Crippen LogP contribution in [0.25, 0.3) is 0 Å². The Morgan fingerprint density at radius 3 is 2.56 bits per heavy atom. The van der Waals surface area contributed by atoms with Crippen molar-refractivity contribution in [3.8, 4) is 0 Å². The largest absolute Gasteiger partial charge is 0.478 e. The first-order chi connectivity index (χ1) is 11.9. The minimum Gasteiger partial charge on any atom is -0.478 e. The van der Waals surface area contributed by atoms with Gasteiger partial charge in [-0.1, -0.05) is 0 Å². The van der Waals surface area contributed by atoms with Crippen LogP contribution in [-0.4, -0.2) is 63.6 Å². The number of carboxylic acids is 1. The number of thioether (sulfide) groups is 1. The lowest BCUT2D eigenvalue weighted by atomic mass is 9.97. The average molecular weight is 366 g/mol. The van der Waals surface area contributed by atoms with Crippen molar-refractivity contribution in [2.75, 3.05) is 32.1 Å². The molecular weight excluding hydrogens is 348 g/mol. The number of rotatable bonds is 3. The summed E-state index contributed by atoms with van der Waals surface area (Å²) in [6, 6.07) is 3.31. The number of hydrogen-bond donors (Lipinski definition) is 1. The molecule has 0 aromatic heterocycles. The molecule has 0 unspecified atom stereocenters. The van der Waals surface area contributed by atoms with Crippen molar-refractivity contribution in [3.05, 3.63) is 39.4 Å². The third kappa shape index (κ3) is 3.77. The smallest absolute Gasteiger partial charge is 0.335 e. The summed E-state index contributed by atoms with van der Waals surface area (Å²) in [5, 5.41) is 20.2. The van der Waals surface area contributed by atoms with E-state index in [0.717, 1.165) is 30.7 Å². The maximum atomic E-state index is 12.8. The zero-order chi connectivity index (χ0) is 18.0. The number of carbonyl (C=O) groups is 2. The number of ether oxygens (including phenoxy) is 1. The number of nitro groups is 1. The van der Waals surface area contributed by atoms with Gasteiger partial charge in [0, 0.05) is 54.5 Å². The van der Waals surface area contributed by atoms with Crippen molar-refractivity contribution in [2.45, 2.75) is 17.6 Å². The highest BCUT2D eigenvalue weighted by atomic mass is 32.2. The number of aromatic carboxylic acids is 1. The standard InChI is InChI=1S/C16H18N2O6S/c19-14(11-7-12(15(20)21)9-13(8-11)18(22)23)17-3-6-25-16(10-17)1-4-24-5-2-16/h7-9H,1-6,10H2,(H,20,21). The second-order valence-electron chi connectivity index (χ2n) is 6.20. The molecule has 0 bridgehead atoms. The van der Waals surface area contributed by atoms with Gasteiger partial charge in [0.25, 0.3) is 11.6 Å². The fraction of sp³-hybridized carbons (Fsp3) is 0.500. The van der Waals surface area contributed by atoms with E-state index in [0.29, 0.717) is 26.3 Å². The Bertz CT molecular complexity index is 679. The number of benzene rings is 1. The minimum absolute atomic E-state index is 0.0392. The molecule has 0 radical (unpaired) electrons. The van der Waals surface area contributed by atoms with Crippen LogP contribution in [0.4, 0.5) is 5.69 Å². The number of hydrogen-bond acceptors (Lipinski definition) is 6. The molecule has 25 heavy (non-hydrogen) atoms. The summed E-state index contributed by atoms with van der Waals surface area (Å²) in [5.41, 5.74) is -0.610. The molecule has 0 aliphatic carbocycles. The van der Waals surface area contributed by atoms with Crippen LogP contribution in [0, 0.1) is 10.1 Å². The van der Waals surface area contributed by atoms with E-state index in [1.807, 2.05) is 11.8 Å². The highest BCUT2D eigenvalue weighted by molar-refractivity contribution is 8.00. The normalized spacial score (nSPS) is 19.6. The monoisotopic (exact) mass is 366 g/mol. The molecule has 2 aliphatic rings. The Kier molecular flexibility index (Phi) is 4.96. The highest BCUT2D eigenvalue weighted by Crippen LogP contribution is 2.39. The molecule has 1 amide bonds. The fourth-order valence-electron chi connectivity index (χ4n) is 3.21. The van der Waals surface area contributed by atoms with E-state index in [-0.39, 0.29) is 21.8 Å². The molecule has 134 valence electrons. The van der Waals surface area contributed by atoms with Gasteiger partial charge in [-0.2, -0.15) is 11.8 Å². The van der Waals surface area contributed by atoms with Gasteiger partial charge in [-0.3, -0.25) is 14.9 Å². The maximum Gasteiger partial charge on any atom is 0.335 e. The van der Waals surface area contributed by atoms with Crippen LogP contribution in [0.3, 0.4) is 0 Å². The van der Waals surface area contributed by atoms with Crippen LogP contribution in [-0.2, 0) is 4.74 Å². The number of carboxylic acid groups (broad SMARTS) is 1. The fourth-order valence-corrected chi connectivity index (χ4v) is 4.66. The van der Waals surface area contributed by atoms with Gasteiger partial charge in [0.05, 0.1) is 10.5 Å². The highest BCUT2D eigenvalue weighted by Gasteiger charge is 2.39. The van der Waals surface area contributed by atoms with Gasteiger partial charge in [0.15, 0.2) is 0 Å². The van der Waals surface area contributed by atoms with E-state index in [9.17, 15) is 19.7 Å². The molecule has 1 aromatic rings. The molecule has 2 fully saturated rings. The summed E-state index contributed by atoms with van der Waals surface area (Å²) in [7, 11) is 0. The van der Waals surface area contributed by atoms with Crippen LogP contribution >= 0.6 is 11.8 Å². The third-order valence-corrected chi connectivity index (χ3v) is 6.10. The van der Waals surface area contributed by atoms with Crippen molar-refractivity contribution in [3.63, 3.8) is 0 Å². The van der Waals surface area contributed by atoms with Crippen molar-refractivity contribution in [1.29, 1.82) is 0 Å². The Hall–Kier alpha value is -2.13. The van der Waals surface area contributed by atoms with E-state index in [1.54, 1.807) is 4.90 Å². The van der Waals surface area contributed by atoms with Gasteiger partial charge in [0.2, 0.25) is 0 Å². The second-order valence-corrected chi connectivity index (χ2v) is 7.76. The molecule has 1 spiro atoms. The Balaban J connectivity index is 1.86. The first-order valence-electron chi connectivity index (χ1n) is 7.94. The number of carbonyl (C=O) groups excluding carboxylic acids is 1. The predicted octanol–water partition coefficient (Wildman–Crippen LogP) is 2.03. The van der Waals surface area contributed by atoms with Crippen molar-refractivity contribution < 1.29 is 24.4 Å². The van der Waals surface area contributed by atoms with E-state index >= 15 is 0 Å². The number of amides is 1. The number of non-ortho nitro benzene ring substituents is 1. The van der Waals surface area contributed by atoms with Gasteiger partial charge in [-0.05, 0) is 18.9 Å². The van der Waals surface area contributed by atoms with Gasteiger partial charge >= 0.3 is 5.97 Å². The SMILES string of the molecule is O=C(O)c1cc(C(=O)N2CCSC3(CCOCC3)C2)cc([N+](=O)[O-])c1. The molecule has 8 nitrogen and oxygen atoms in total. The maximum absolute atomic E-state index is 12.8. The van der Waals surface area contributed by atoms with Crippen molar-refractivity contribution in [1.82, 2.24) is 4.90 Å². The summed E-state index contributed by atoms with van der Waals surface area (Å²) >= 11 is 1.84. The molecular formula is C16H18N2O6S. The second kappa shape index (κ2) is 7.01. The molecule has 3 rings (SSSR count). The van der Waals surface area contributed by atoms with Crippen LogP contribution in [0.1, 0.15) is 33.6 Å². The number of nitrogens with zero attached hydrogens (tertiary/aromatic N) is 2. The van der Waals surface area contributed by atoms with Crippen LogP contribution < -0.4 is 0 Å². The number of nitro benzene ring substituents is 1. The molecule has 1 N–H and O–H groups in total. The van der Waals surface area contributed by atoms with Gasteiger partial charge in [0.1, 0.15) is 0 Å². The predicted molar refractivity (Wildman–Crippen MR) is 91.2 cm³/mol. The van der Waals surface area contributed by atoms with E-state index < -0.39 is 16.6 Å². The summed E-state index contributed by atoms with van der Waals surface area (Å²) in [5.74, 6) is -0.878. The summed E-state index contributed by atoms with van der Waals surface area (Å²) in [4.78, 5) is 36.1. The van der Waals surface area contributed by atoms with Gasteiger partial charge in [-0.25, -0.2) is 4.79 Å². The molecule has 2 heterocycles. The Morgan fingerprint density at radius 1 is 1.24 bits per heavy atom. The Labute approximate surface area is 148 Å². The Morgan fingerprint density at radius 2 is 1.92 bits per heavy atom. The molecule has 1 aromatic carbocycles.